The van der Waals surface area contributed by atoms with E-state index in [9.17, 15) is 0 Å². The molecule has 3 unspecified atom stereocenters. The molecule has 2 heteroatoms. The lowest BCUT2D eigenvalue weighted by Gasteiger charge is -2.23. The van der Waals surface area contributed by atoms with Crippen LogP contribution in [0.1, 0.15) is 42.6 Å². The molecule has 2 aromatic carbocycles. The Balaban J connectivity index is 1.72. The van der Waals surface area contributed by atoms with Gasteiger partial charge in [-0.25, -0.2) is 0 Å². The summed E-state index contributed by atoms with van der Waals surface area (Å²) < 4.78 is 12.4. The van der Waals surface area contributed by atoms with Crippen molar-refractivity contribution in [1.29, 1.82) is 0 Å². The van der Waals surface area contributed by atoms with Crippen LogP contribution in [-0.2, 0) is 15.9 Å². The van der Waals surface area contributed by atoms with Crippen molar-refractivity contribution in [2.45, 2.75) is 44.2 Å². The second kappa shape index (κ2) is 4.69. The Morgan fingerprint density at radius 3 is 2.29 bits per heavy atom. The standard InChI is InChI=1S/C19H20O2/c1-19(2)20-17-15-11-7-6-10-14(15)16(18(17)21-19)12-13-8-4-3-5-9-13/h3-11,16-18H,12H2,1-2H3. The molecule has 1 heterocycles. The Labute approximate surface area is 125 Å². The minimum atomic E-state index is -0.488. The van der Waals surface area contributed by atoms with Gasteiger partial charge in [0.15, 0.2) is 5.79 Å². The maximum Gasteiger partial charge on any atom is 0.164 e. The third-order valence-electron chi connectivity index (χ3n) is 4.53. The fraction of sp³-hybridized carbons (Fsp3) is 0.368. The molecule has 0 N–H and O–H groups in total. The van der Waals surface area contributed by atoms with Crippen LogP contribution in [0.3, 0.4) is 0 Å². The Kier molecular flexibility index (Phi) is 2.91. The maximum atomic E-state index is 6.22. The molecule has 1 fully saturated rings. The number of rotatable bonds is 2. The van der Waals surface area contributed by atoms with Gasteiger partial charge in [-0.1, -0.05) is 54.6 Å². The summed E-state index contributed by atoms with van der Waals surface area (Å²) in [7, 11) is 0. The molecular weight excluding hydrogens is 260 g/mol. The molecule has 0 amide bonds. The molecule has 0 radical (unpaired) electrons. The van der Waals surface area contributed by atoms with E-state index in [4.69, 9.17) is 9.47 Å². The lowest BCUT2D eigenvalue weighted by molar-refractivity contribution is -0.150. The van der Waals surface area contributed by atoms with Crippen LogP contribution < -0.4 is 0 Å². The van der Waals surface area contributed by atoms with E-state index in [1.165, 1.54) is 16.7 Å². The van der Waals surface area contributed by atoms with Crippen molar-refractivity contribution in [2.24, 2.45) is 0 Å². The Morgan fingerprint density at radius 2 is 1.52 bits per heavy atom. The van der Waals surface area contributed by atoms with Crippen molar-refractivity contribution in [3.05, 3.63) is 71.3 Å². The first-order valence-corrected chi connectivity index (χ1v) is 7.62. The zero-order chi connectivity index (χ0) is 14.4. The summed E-state index contributed by atoms with van der Waals surface area (Å²) in [5.41, 5.74) is 4.03. The fourth-order valence-electron chi connectivity index (χ4n) is 3.70. The van der Waals surface area contributed by atoms with Crippen molar-refractivity contribution < 1.29 is 9.47 Å². The van der Waals surface area contributed by atoms with E-state index < -0.39 is 5.79 Å². The Hall–Kier alpha value is -1.64. The first-order valence-electron chi connectivity index (χ1n) is 7.62. The number of hydrogen-bond donors (Lipinski definition) is 0. The average molecular weight is 280 g/mol. The van der Waals surface area contributed by atoms with E-state index in [2.05, 4.69) is 54.6 Å². The van der Waals surface area contributed by atoms with E-state index in [0.29, 0.717) is 5.92 Å². The van der Waals surface area contributed by atoms with Crippen LogP contribution in [-0.4, -0.2) is 11.9 Å². The summed E-state index contributed by atoms with van der Waals surface area (Å²) in [5.74, 6) is -0.118. The normalized spacial score (nSPS) is 29.1. The molecule has 2 aliphatic rings. The molecule has 4 rings (SSSR count). The fourth-order valence-corrected chi connectivity index (χ4v) is 3.70. The molecule has 108 valence electrons. The highest BCUT2D eigenvalue weighted by atomic mass is 16.8. The van der Waals surface area contributed by atoms with Gasteiger partial charge in [0.1, 0.15) is 6.10 Å². The third-order valence-corrected chi connectivity index (χ3v) is 4.53. The zero-order valence-corrected chi connectivity index (χ0v) is 12.5. The van der Waals surface area contributed by atoms with Crippen molar-refractivity contribution >= 4 is 0 Å². The lowest BCUT2D eigenvalue weighted by Crippen LogP contribution is -2.25. The highest BCUT2D eigenvalue weighted by molar-refractivity contribution is 5.41. The number of benzene rings is 2. The first kappa shape index (κ1) is 13.1. The third kappa shape index (κ3) is 2.19. The quantitative estimate of drug-likeness (QED) is 0.820. The summed E-state index contributed by atoms with van der Waals surface area (Å²) in [4.78, 5) is 0. The maximum absolute atomic E-state index is 6.22. The molecule has 0 spiro atoms. The number of fused-ring (bicyclic) bond motifs is 3. The van der Waals surface area contributed by atoms with E-state index in [1.807, 2.05) is 13.8 Å². The van der Waals surface area contributed by atoms with Crippen LogP contribution in [0.15, 0.2) is 54.6 Å². The first-order chi connectivity index (χ1) is 10.1. The van der Waals surface area contributed by atoms with Crippen LogP contribution in [0, 0.1) is 0 Å². The molecule has 1 saturated heterocycles. The van der Waals surface area contributed by atoms with Gasteiger partial charge >= 0.3 is 0 Å². The molecule has 21 heavy (non-hydrogen) atoms. The predicted molar refractivity (Wildman–Crippen MR) is 82.1 cm³/mol. The summed E-state index contributed by atoms with van der Waals surface area (Å²) in [6.07, 6.45) is 1.20. The predicted octanol–water partition coefficient (Wildman–Crippen LogP) is 4.22. The van der Waals surface area contributed by atoms with Gasteiger partial charge in [-0.3, -0.25) is 0 Å². The lowest BCUT2D eigenvalue weighted by atomic mass is 9.92. The van der Waals surface area contributed by atoms with Crippen LogP contribution in [0.5, 0.6) is 0 Å². The van der Waals surface area contributed by atoms with E-state index in [-0.39, 0.29) is 12.2 Å². The van der Waals surface area contributed by atoms with E-state index in [0.717, 1.165) is 6.42 Å². The highest BCUT2D eigenvalue weighted by Gasteiger charge is 2.51. The van der Waals surface area contributed by atoms with Gasteiger partial charge in [0.05, 0.1) is 6.10 Å². The molecule has 3 atom stereocenters. The van der Waals surface area contributed by atoms with Crippen molar-refractivity contribution in [3.63, 3.8) is 0 Å². The van der Waals surface area contributed by atoms with Crippen molar-refractivity contribution in [1.82, 2.24) is 0 Å². The smallest absolute Gasteiger partial charge is 0.164 e. The SMILES string of the molecule is CC1(C)OC2c3ccccc3C(Cc3ccccc3)C2O1. The van der Waals surface area contributed by atoms with Gasteiger partial charge in [-0.2, -0.15) is 0 Å². The van der Waals surface area contributed by atoms with Gasteiger partial charge in [-0.15, -0.1) is 0 Å². The Bertz CT molecular complexity index is 648. The minimum Gasteiger partial charge on any atom is -0.344 e. The topological polar surface area (TPSA) is 18.5 Å². The molecule has 0 saturated carbocycles. The molecule has 0 aromatic heterocycles. The van der Waals surface area contributed by atoms with Crippen LogP contribution >= 0.6 is 0 Å². The molecule has 2 nitrogen and oxygen atoms in total. The van der Waals surface area contributed by atoms with Crippen molar-refractivity contribution in [3.8, 4) is 0 Å². The van der Waals surface area contributed by atoms with E-state index in [1.54, 1.807) is 0 Å². The van der Waals surface area contributed by atoms with Crippen molar-refractivity contribution in [2.75, 3.05) is 0 Å². The van der Waals surface area contributed by atoms with Gasteiger partial charge in [0.25, 0.3) is 0 Å². The second-order valence-electron chi connectivity index (χ2n) is 6.45. The van der Waals surface area contributed by atoms with Crippen LogP contribution in [0.25, 0.3) is 0 Å². The van der Waals surface area contributed by atoms with Crippen LogP contribution in [0.4, 0.5) is 0 Å². The van der Waals surface area contributed by atoms with E-state index >= 15 is 0 Å². The van der Waals surface area contributed by atoms with Gasteiger partial charge < -0.3 is 9.47 Å². The molecule has 0 bridgehead atoms. The molecule has 2 aromatic rings. The summed E-state index contributed by atoms with van der Waals surface area (Å²) in [5, 5.41) is 0. The summed E-state index contributed by atoms with van der Waals surface area (Å²) in [6, 6.07) is 19.3. The minimum absolute atomic E-state index is 0.0740. The summed E-state index contributed by atoms with van der Waals surface area (Å²) >= 11 is 0. The van der Waals surface area contributed by atoms with Crippen LogP contribution in [0.2, 0.25) is 0 Å². The Morgan fingerprint density at radius 1 is 0.857 bits per heavy atom. The molecule has 1 aliphatic carbocycles. The summed E-state index contributed by atoms with van der Waals surface area (Å²) in [6.45, 7) is 4.01. The largest absolute Gasteiger partial charge is 0.344 e. The second-order valence-corrected chi connectivity index (χ2v) is 6.45. The molecule has 1 aliphatic heterocycles. The number of hydrogen-bond acceptors (Lipinski definition) is 2. The van der Waals surface area contributed by atoms with Gasteiger partial charge in [0.2, 0.25) is 0 Å². The van der Waals surface area contributed by atoms with Gasteiger partial charge in [-0.05, 0) is 37.0 Å². The number of ether oxygens (including phenoxy) is 2. The zero-order valence-electron chi connectivity index (χ0n) is 12.5. The average Bonchev–Trinajstić information content (AvgIpc) is 2.93. The molecular formula is C19H20O2. The highest BCUT2D eigenvalue weighted by Crippen LogP contribution is 2.52. The van der Waals surface area contributed by atoms with Gasteiger partial charge in [0, 0.05) is 5.92 Å². The monoisotopic (exact) mass is 280 g/mol.